The maximum Gasteiger partial charge on any atom is 0.397 e. The largest absolute Gasteiger partial charge is 0.493 e. The van der Waals surface area contributed by atoms with Gasteiger partial charge in [-0.3, -0.25) is 0 Å². The number of benzene rings is 2. The first-order chi connectivity index (χ1) is 15.1. The molecule has 11 heteroatoms. The van der Waals surface area contributed by atoms with E-state index < -0.39 is 10.2 Å². The van der Waals surface area contributed by atoms with Crippen molar-refractivity contribution in [3.8, 4) is 34.3 Å². The molecule has 1 aliphatic heterocycles. The molecule has 0 fully saturated rings. The van der Waals surface area contributed by atoms with Gasteiger partial charge >= 0.3 is 5.91 Å². The van der Waals surface area contributed by atoms with Crippen molar-refractivity contribution in [2.45, 2.75) is 6.42 Å². The second-order valence-corrected chi connectivity index (χ2v) is 7.43. The first kappa shape index (κ1) is 23.5. The van der Waals surface area contributed by atoms with Crippen LogP contribution in [-0.4, -0.2) is 34.3 Å². The van der Waals surface area contributed by atoms with Crippen molar-refractivity contribution in [3.63, 3.8) is 0 Å². The fourth-order valence-electron chi connectivity index (χ4n) is 3.54. The van der Waals surface area contributed by atoms with Gasteiger partial charge in [-0.05, 0) is 35.2 Å². The molecule has 170 valence electrons. The highest BCUT2D eigenvalue weighted by Gasteiger charge is 2.32. The van der Waals surface area contributed by atoms with E-state index in [1.54, 1.807) is 33.0 Å². The molecule has 1 aromatic heterocycles. The minimum Gasteiger partial charge on any atom is -0.493 e. The second kappa shape index (κ2) is 9.15. The average Bonchev–Trinajstić information content (AvgIpc) is 2.75. The van der Waals surface area contributed by atoms with Gasteiger partial charge in [-0.15, -0.1) is 14.8 Å². The van der Waals surface area contributed by atoms with Gasteiger partial charge in [-0.1, -0.05) is 0 Å². The molecule has 2 heterocycles. The molecule has 0 N–H and O–H groups in total. The van der Waals surface area contributed by atoms with Crippen LogP contribution < -0.4 is 42.2 Å². The SMILES string of the molecule is COc1cc2c(cc1OC)-c1cc3cc(OC)c(OC)cc3c[n+]1C(=O)C2.[O-][Cl+3]([O-])([O-])[O-]. The molecule has 0 spiro atoms. The van der Waals surface area contributed by atoms with E-state index in [1.807, 2.05) is 36.5 Å². The van der Waals surface area contributed by atoms with Crippen LogP contribution >= 0.6 is 0 Å². The molecule has 0 amide bonds. The smallest absolute Gasteiger partial charge is 0.397 e. The number of hydrogen-bond donors (Lipinski definition) is 0. The Labute approximate surface area is 185 Å². The number of carbonyl (C=O) groups excluding carboxylic acids is 1. The summed E-state index contributed by atoms with van der Waals surface area (Å²) in [6.07, 6.45) is 2.14. The third-order valence-electron chi connectivity index (χ3n) is 4.90. The summed E-state index contributed by atoms with van der Waals surface area (Å²) in [5.41, 5.74) is 2.67. The zero-order valence-corrected chi connectivity index (χ0v) is 18.4. The first-order valence-corrected chi connectivity index (χ1v) is 10.3. The van der Waals surface area contributed by atoms with Gasteiger partial charge in [-0.25, -0.2) is 23.4 Å². The summed E-state index contributed by atoms with van der Waals surface area (Å²) < 4.78 is 57.3. The molecule has 10 nitrogen and oxygen atoms in total. The maximum absolute atomic E-state index is 12.8. The number of nitrogens with zero attached hydrogens (tertiary/aromatic N) is 1. The molecule has 0 aliphatic carbocycles. The van der Waals surface area contributed by atoms with Crippen molar-refractivity contribution in [3.05, 3.63) is 42.1 Å². The Kier molecular flexibility index (Phi) is 6.72. The Hall–Kier alpha value is -3.15. The lowest BCUT2D eigenvalue weighted by Crippen LogP contribution is -2.68. The Balaban J connectivity index is 0.000000523. The highest BCUT2D eigenvalue weighted by atomic mass is 35.7. The Morgan fingerprint density at radius 1 is 0.750 bits per heavy atom. The number of halogens is 1. The lowest BCUT2D eigenvalue weighted by Gasteiger charge is -2.17. The van der Waals surface area contributed by atoms with Crippen LogP contribution in [-0.2, 0) is 6.42 Å². The van der Waals surface area contributed by atoms with E-state index in [0.29, 0.717) is 29.4 Å². The van der Waals surface area contributed by atoms with Gasteiger partial charge < -0.3 is 18.9 Å². The van der Waals surface area contributed by atoms with Gasteiger partial charge in [0.2, 0.25) is 5.69 Å². The number of hydrogen-bond acceptors (Lipinski definition) is 9. The van der Waals surface area contributed by atoms with Gasteiger partial charge in [0.25, 0.3) is 0 Å². The van der Waals surface area contributed by atoms with Crippen LogP contribution in [0.4, 0.5) is 0 Å². The van der Waals surface area contributed by atoms with Gasteiger partial charge in [0.1, 0.15) is 6.42 Å². The lowest BCUT2D eigenvalue weighted by atomic mass is 9.94. The summed E-state index contributed by atoms with van der Waals surface area (Å²) in [7, 11) is 1.44. The molecule has 0 unspecified atom stereocenters. The number of fused-ring (bicyclic) bond motifs is 4. The van der Waals surface area contributed by atoms with Crippen LogP contribution in [0.3, 0.4) is 0 Å². The number of ether oxygens (including phenoxy) is 4. The Morgan fingerprint density at radius 3 is 1.75 bits per heavy atom. The van der Waals surface area contributed by atoms with Gasteiger partial charge in [0.15, 0.2) is 29.2 Å². The van der Waals surface area contributed by atoms with Crippen molar-refractivity contribution < 1.29 is 57.2 Å². The molecule has 32 heavy (non-hydrogen) atoms. The van der Waals surface area contributed by atoms with Crippen LogP contribution in [0.2, 0.25) is 0 Å². The molecular formula is C21H20ClNO9. The molecule has 0 saturated heterocycles. The third-order valence-corrected chi connectivity index (χ3v) is 4.90. The summed E-state index contributed by atoms with van der Waals surface area (Å²) in [6.45, 7) is 0. The fourth-order valence-corrected chi connectivity index (χ4v) is 3.54. The molecule has 0 saturated carbocycles. The topological polar surface area (TPSA) is 150 Å². The van der Waals surface area contributed by atoms with Crippen LogP contribution in [0.15, 0.2) is 36.5 Å². The quantitative estimate of drug-likeness (QED) is 0.409. The third kappa shape index (κ3) is 4.85. The minimum absolute atomic E-state index is 0.00130. The predicted octanol–water partition coefficient (Wildman–Crippen LogP) is -1.73. The van der Waals surface area contributed by atoms with Crippen molar-refractivity contribution in [2.24, 2.45) is 0 Å². The normalized spacial score (nSPS) is 12.3. The molecule has 0 bridgehead atoms. The van der Waals surface area contributed by atoms with Crippen LogP contribution in [0, 0.1) is 10.2 Å². The molecule has 0 radical (unpaired) electrons. The van der Waals surface area contributed by atoms with Crippen molar-refractivity contribution in [1.29, 1.82) is 0 Å². The molecule has 0 atom stereocenters. The molecule has 3 aromatic rings. The van der Waals surface area contributed by atoms with Crippen LogP contribution in [0.25, 0.3) is 22.0 Å². The standard InChI is InChI=1S/C21H20NO5.ClHO4/c1-24-17-6-12-5-16-15-10-20(27-4)18(25-2)7-13(15)9-21(23)22(16)11-14(12)8-19(17)26-3;2-1(3,4)5/h5-8,10-11H,9H2,1-4H3;(H,2,3,4,5)/q+1;/p-1. The van der Waals surface area contributed by atoms with Crippen LogP contribution in [0.5, 0.6) is 23.0 Å². The maximum atomic E-state index is 12.8. The summed E-state index contributed by atoms with van der Waals surface area (Å²) in [6, 6.07) is 9.56. The van der Waals surface area contributed by atoms with Crippen molar-refractivity contribution in [2.75, 3.05) is 28.4 Å². The zero-order valence-electron chi connectivity index (χ0n) is 17.7. The first-order valence-electron chi connectivity index (χ1n) is 9.11. The Morgan fingerprint density at radius 2 is 1.22 bits per heavy atom. The molecular weight excluding hydrogens is 446 g/mol. The van der Waals surface area contributed by atoms with Crippen LogP contribution in [0.1, 0.15) is 10.4 Å². The van der Waals surface area contributed by atoms with E-state index in [4.69, 9.17) is 37.6 Å². The Bertz CT molecular complexity index is 1170. The number of pyridine rings is 1. The van der Waals surface area contributed by atoms with E-state index in [-0.39, 0.29) is 5.91 Å². The van der Waals surface area contributed by atoms with E-state index in [0.717, 1.165) is 27.6 Å². The number of aromatic nitrogens is 1. The minimum atomic E-state index is -4.94. The summed E-state index contributed by atoms with van der Waals surface area (Å²) in [5.74, 6) is 2.51. The highest BCUT2D eigenvalue weighted by molar-refractivity contribution is 5.91. The fraction of sp³-hybridized carbons (Fsp3) is 0.238. The van der Waals surface area contributed by atoms with Gasteiger partial charge in [-0.2, -0.15) is 0 Å². The van der Waals surface area contributed by atoms with Gasteiger partial charge in [0, 0.05) is 6.07 Å². The molecule has 1 aliphatic rings. The van der Waals surface area contributed by atoms with Gasteiger partial charge in [0.05, 0.1) is 39.4 Å². The number of carbonyl (C=O) groups is 1. The van der Waals surface area contributed by atoms with E-state index in [9.17, 15) is 4.79 Å². The van der Waals surface area contributed by atoms with Crippen molar-refractivity contribution in [1.82, 2.24) is 0 Å². The average molecular weight is 466 g/mol. The lowest BCUT2D eigenvalue weighted by molar-refractivity contribution is -2.00. The number of methoxy groups -OCH3 is 4. The summed E-state index contributed by atoms with van der Waals surface area (Å²) >= 11 is 0. The predicted molar refractivity (Wildman–Crippen MR) is 100 cm³/mol. The van der Waals surface area contributed by atoms with Crippen molar-refractivity contribution >= 4 is 16.7 Å². The van der Waals surface area contributed by atoms with E-state index in [2.05, 4.69) is 0 Å². The molecule has 2 aromatic carbocycles. The summed E-state index contributed by atoms with van der Waals surface area (Å²) in [4.78, 5) is 12.8. The molecule has 4 rings (SSSR count). The number of rotatable bonds is 4. The zero-order chi connectivity index (χ0) is 23.6. The van der Waals surface area contributed by atoms with E-state index >= 15 is 0 Å². The monoisotopic (exact) mass is 465 g/mol. The summed E-state index contributed by atoms with van der Waals surface area (Å²) in [5, 5.41) is 1.85. The van der Waals surface area contributed by atoms with E-state index in [1.165, 1.54) is 0 Å². The second-order valence-electron chi connectivity index (χ2n) is 6.68. The highest BCUT2D eigenvalue weighted by Crippen LogP contribution is 2.38.